The van der Waals surface area contributed by atoms with Gasteiger partial charge in [0.1, 0.15) is 0 Å². The van der Waals surface area contributed by atoms with E-state index in [1.807, 2.05) is 0 Å². The highest BCUT2D eigenvalue weighted by Gasteiger charge is 2.13. The third kappa shape index (κ3) is 7.12. The van der Waals surface area contributed by atoms with Crippen molar-refractivity contribution in [2.24, 2.45) is 5.92 Å². The van der Waals surface area contributed by atoms with Crippen molar-refractivity contribution in [2.45, 2.75) is 46.5 Å². The van der Waals surface area contributed by atoms with E-state index in [9.17, 15) is 9.59 Å². The molecule has 0 saturated carbocycles. The Balaban J connectivity index is 4.33. The van der Waals surface area contributed by atoms with Gasteiger partial charge in [-0.15, -0.1) is 0 Å². The van der Waals surface area contributed by atoms with Crippen LogP contribution in [0.2, 0.25) is 0 Å². The van der Waals surface area contributed by atoms with Crippen LogP contribution in [0.3, 0.4) is 0 Å². The van der Waals surface area contributed by atoms with Crippen molar-refractivity contribution < 1.29 is 19.1 Å². The first-order valence-corrected chi connectivity index (χ1v) is 7.08. The number of esters is 2. The van der Waals surface area contributed by atoms with E-state index in [0.29, 0.717) is 18.1 Å². The number of carbonyl (C=O) groups is 2. The molecule has 0 rings (SSSR count). The summed E-state index contributed by atoms with van der Waals surface area (Å²) in [7, 11) is 1.29. The lowest BCUT2D eigenvalue weighted by atomic mass is 10.0. The van der Waals surface area contributed by atoms with E-state index < -0.39 is 11.9 Å². The van der Waals surface area contributed by atoms with Gasteiger partial charge >= 0.3 is 11.9 Å². The molecule has 0 bridgehead atoms. The molecule has 114 valence electrons. The first kappa shape index (κ1) is 18.4. The van der Waals surface area contributed by atoms with E-state index in [1.54, 1.807) is 6.92 Å². The van der Waals surface area contributed by atoms with Crippen molar-refractivity contribution in [3.8, 4) is 0 Å². The number of methoxy groups -OCH3 is 1. The van der Waals surface area contributed by atoms with E-state index in [0.717, 1.165) is 25.7 Å². The third-order valence-electron chi connectivity index (χ3n) is 3.15. The van der Waals surface area contributed by atoms with Crippen molar-refractivity contribution >= 4 is 11.9 Å². The second-order valence-electron chi connectivity index (χ2n) is 4.86. The minimum atomic E-state index is -0.483. The van der Waals surface area contributed by atoms with Gasteiger partial charge in [0.15, 0.2) is 0 Å². The van der Waals surface area contributed by atoms with Gasteiger partial charge in [-0.05, 0) is 25.3 Å². The monoisotopic (exact) mass is 282 g/mol. The van der Waals surface area contributed by atoms with Crippen LogP contribution in [0, 0.1) is 5.92 Å². The standard InChI is InChI=1S/C16H26O4/c1-6-8-9-14(7-2)11-20-16(18)13(4)10-12(3)15(17)19-5/h10,14H,4,6-9,11H2,1-3,5H3/b12-10+. The fourth-order valence-electron chi connectivity index (χ4n) is 1.72. The molecule has 0 radical (unpaired) electrons. The SMILES string of the molecule is C=C(/C=C(\C)C(=O)OC)C(=O)OCC(CC)CCCC. The molecule has 1 unspecified atom stereocenters. The molecule has 0 aromatic carbocycles. The zero-order valence-corrected chi connectivity index (χ0v) is 13.0. The van der Waals surface area contributed by atoms with E-state index in [-0.39, 0.29) is 5.57 Å². The first-order valence-electron chi connectivity index (χ1n) is 7.08. The molecule has 0 aliphatic carbocycles. The topological polar surface area (TPSA) is 52.6 Å². The van der Waals surface area contributed by atoms with E-state index in [4.69, 9.17) is 4.74 Å². The number of hydrogen-bond acceptors (Lipinski definition) is 4. The summed E-state index contributed by atoms with van der Waals surface area (Å²) in [4.78, 5) is 23.0. The summed E-state index contributed by atoms with van der Waals surface area (Å²) >= 11 is 0. The average molecular weight is 282 g/mol. The molecule has 1 atom stereocenters. The predicted octanol–water partition coefficient (Wildman–Crippen LogP) is 3.42. The second kappa shape index (κ2) is 10.2. The van der Waals surface area contributed by atoms with E-state index in [1.165, 1.54) is 13.2 Å². The lowest BCUT2D eigenvalue weighted by Crippen LogP contribution is -2.15. The number of hydrogen-bond donors (Lipinski definition) is 0. The van der Waals surface area contributed by atoms with Crippen LogP contribution in [0.15, 0.2) is 23.8 Å². The van der Waals surface area contributed by atoms with E-state index in [2.05, 4.69) is 25.2 Å². The summed E-state index contributed by atoms with van der Waals surface area (Å²) in [5.41, 5.74) is 0.491. The van der Waals surface area contributed by atoms with Gasteiger partial charge in [-0.3, -0.25) is 0 Å². The van der Waals surface area contributed by atoms with Crippen molar-refractivity contribution in [3.05, 3.63) is 23.8 Å². The normalized spacial score (nSPS) is 12.7. The van der Waals surface area contributed by atoms with Gasteiger partial charge in [0.05, 0.1) is 19.3 Å². The van der Waals surface area contributed by atoms with Gasteiger partial charge in [-0.2, -0.15) is 0 Å². The maximum atomic E-state index is 11.8. The number of ether oxygens (including phenoxy) is 2. The Hall–Kier alpha value is -1.58. The Morgan fingerprint density at radius 2 is 1.90 bits per heavy atom. The largest absolute Gasteiger partial charge is 0.466 e. The molecule has 0 aliphatic heterocycles. The van der Waals surface area contributed by atoms with Crippen molar-refractivity contribution in [2.75, 3.05) is 13.7 Å². The van der Waals surface area contributed by atoms with Gasteiger partial charge in [-0.1, -0.05) is 39.7 Å². The van der Waals surface area contributed by atoms with E-state index >= 15 is 0 Å². The van der Waals surface area contributed by atoms with Crippen LogP contribution in [0.1, 0.15) is 46.5 Å². The zero-order chi connectivity index (χ0) is 15.5. The first-order chi connectivity index (χ1) is 9.46. The molecule has 0 aliphatic rings. The van der Waals surface area contributed by atoms with Crippen molar-refractivity contribution in [1.29, 1.82) is 0 Å². The van der Waals surface area contributed by atoms with Gasteiger partial charge in [0.2, 0.25) is 0 Å². The van der Waals surface area contributed by atoms with Gasteiger partial charge in [-0.25, -0.2) is 9.59 Å². The molecule has 0 saturated heterocycles. The fraction of sp³-hybridized carbons (Fsp3) is 0.625. The molecule has 4 nitrogen and oxygen atoms in total. The fourth-order valence-corrected chi connectivity index (χ4v) is 1.72. The quantitative estimate of drug-likeness (QED) is 0.369. The molecule has 0 heterocycles. The number of carbonyl (C=O) groups excluding carboxylic acids is 2. The Morgan fingerprint density at radius 3 is 2.40 bits per heavy atom. The lowest BCUT2D eigenvalue weighted by Gasteiger charge is -2.14. The summed E-state index contributed by atoms with van der Waals surface area (Å²) in [5, 5.41) is 0. The number of rotatable bonds is 9. The minimum Gasteiger partial charge on any atom is -0.466 e. The van der Waals surface area contributed by atoms with Crippen LogP contribution in [0.25, 0.3) is 0 Å². The summed E-state index contributed by atoms with van der Waals surface area (Å²) < 4.78 is 9.79. The van der Waals surface area contributed by atoms with Gasteiger partial charge in [0.25, 0.3) is 0 Å². The van der Waals surface area contributed by atoms with Crippen LogP contribution >= 0.6 is 0 Å². The summed E-state index contributed by atoms with van der Waals surface area (Å²) in [6.45, 7) is 9.82. The summed E-state index contributed by atoms with van der Waals surface area (Å²) in [5.74, 6) is -0.575. The highest BCUT2D eigenvalue weighted by Crippen LogP contribution is 2.14. The predicted molar refractivity (Wildman–Crippen MR) is 79.2 cm³/mol. The highest BCUT2D eigenvalue weighted by molar-refractivity contribution is 5.95. The Labute approximate surface area is 121 Å². The van der Waals surface area contributed by atoms with Crippen LogP contribution < -0.4 is 0 Å². The third-order valence-corrected chi connectivity index (χ3v) is 3.15. The second-order valence-corrected chi connectivity index (χ2v) is 4.86. The lowest BCUT2D eigenvalue weighted by molar-refractivity contribution is -0.140. The molecule has 20 heavy (non-hydrogen) atoms. The summed E-state index contributed by atoms with van der Waals surface area (Å²) in [6.07, 6.45) is 5.71. The molecule has 0 aromatic rings. The van der Waals surface area contributed by atoms with Crippen LogP contribution in [0.5, 0.6) is 0 Å². The highest BCUT2D eigenvalue weighted by atomic mass is 16.5. The molecule has 0 N–H and O–H groups in total. The van der Waals surface area contributed by atoms with Gasteiger partial charge < -0.3 is 9.47 Å². The maximum absolute atomic E-state index is 11.8. The molecule has 0 aromatic heterocycles. The minimum absolute atomic E-state index is 0.165. The molecule has 0 spiro atoms. The molecular formula is C16H26O4. The van der Waals surface area contributed by atoms with Crippen molar-refractivity contribution in [1.82, 2.24) is 0 Å². The molecule has 4 heteroatoms. The average Bonchev–Trinajstić information content (AvgIpc) is 2.45. The van der Waals surface area contributed by atoms with Crippen LogP contribution in [-0.4, -0.2) is 25.7 Å². The van der Waals surface area contributed by atoms with Crippen LogP contribution in [0.4, 0.5) is 0 Å². The number of unbranched alkanes of at least 4 members (excludes halogenated alkanes) is 1. The van der Waals surface area contributed by atoms with Crippen LogP contribution in [-0.2, 0) is 19.1 Å². The molecule has 0 fully saturated rings. The zero-order valence-electron chi connectivity index (χ0n) is 13.0. The Kier molecular flexibility index (Phi) is 9.43. The van der Waals surface area contributed by atoms with Gasteiger partial charge in [0, 0.05) is 5.57 Å². The Morgan fingerprint density at radius 1 is 1.25 bits per heavy atom. The smallest absolute Gasteiger partial charge is 0.337 e. The molecular weight excluding hydrogens is 256 g/mol. The molecule has 0 amide bonds. The Bertz CT molecular complexity index is 369. The summed E-state index contributed by atoms with van der Waals surface area (Å²) in [6, 6.07) is 0. The maximum Gasteiger partial charge on any atom is 0.337 e. The van der Waals surface area contributed by atoms with Crippen molar-refractivity contribution in [3.63, 3.8) is 0 Å².